The van der Waals surface area contributed by atoms with Gasteiger partial charge >= 0.3 is 0 Å². The van der Waals surface area contributed by atoms with Crippen LogP contribution in [0.3, 0.4) is 0 Å². The first-order chi connectivity index (χ1) is 15.3. The maximum Gasteiger partial charge on any atom is 0.178 e. The van der Waals surface area contributed by atoms with Gasteiger partial charge < -0.3 is 4.74 Å². The molecule has 0 amide bonds. The number of hydrogen-bond acceptors (Lipinski definition) is 4. The molecular weight excluding hydrogens is 382 g/mol. The lowest BCUT2D eigenvalue weighted by molar-refractivity contribution is 0.302. The van der Waals surface area contributed by atoms with Gasteiger partial charge in [0, 0.05) is 6.20 Å². The summed E-state index contributed by atoms with van der Waals surface area (Å²) in [7, 11) is 0. The van der Waals surface area contributed by atoms with Gasteiger partial charge in [-0.25, -0.2) is 9.97 Å². The SMILES string of the molecule is CCCCCCCCCCOc1cnc(-c2ccc(CCCCCCCC)cn2)nc1. The van der Waals surface area contributed by atoms with Gasteiger partial charge in [-0.3, -0.25) is 4.98 Å². The van der Waals surface area contributed by atoms with Crippen LogP contribution in [0.4, 0.5) is 0 Å². The summed E-state index contributed by atoms with van der Waals surface area (Å²) in [5.74, 6) is 1.40. The molecule has 0 aliphatic heterocycles. The van der Waals surface area contributed by atoms with Crippen molar-refractivity contribution in [2.75, 3.05) is 6.61 Å². The minimum atomic E-state index is 0.658. The van der Waals surface area contributed by atoms with Crippen LogP contribution in [0.25, 0.3) is 11.5 Å². The van der Waals surface area contributed by atoms with Crippen LogP contribution in [0.5, 0.6) is 5.75 Å². The molecule has 0 aliphatic rings. The highest BCUT2D eigenvalue weighted by molar-refractivity contribution is 5.49. The Morgan fingerprint density at radius 2 is 1.19 bits per heavy atom. The lowest BCUT2D eigenvalue weighted by Crippen LogP contribution is -1.99. The second-order valence-corrected chi connectivity index (χ2v) is 8.64. The Hall–Kier alpha value is -1.97. The number of hydrogen-bond donors (Lipinski definition) is 0. The second kappa shape index (κ2) is 16.7. The van der Waals surface area contributed by atoms with Crippen LogP contribution in [-0.2, 0) is 6.42 Å². The Balaban J connectivity index is 1.62. The van der Waals surface area contributed by atoms with E-state index in [9.17, 15) is 0 Å². The molecule has 0 aromatic carbocycles. The third-order valence-corrected chi connectivity index (χ3v) is 5.77. The number of ether oxygens (including phenoxy) is 1. The Labute approximate surface area is 190 Å². The van der Waals surface area contributed by atoms with E-state index >= 15 is 0 Å². The molecule has 0 saturated heterocycles. The van der Waals surface area contributed by atoms with Crippen LogP contribution in [-0.4, -0.2) is 21.6 Å². The Morgan fingerprint density at radius 1 is 0.613 bits per heavy atom. The van der Waals surface area contributed by atoms with Gasteiger partial charge in [-0.2, -0.15) is 0 Å². The summed E-state index contributed by atoms with van der Waals surface area (Å²) < 4.78 is 5.80. The molecule has 0 saturated carbocycles. The summed E-state index contributed by atoms with van der Waals surface area (Å²) in [5, 5.41) is 0. The highest BCUT2D eigenvalue weighted by Crippen LogP contribution is 2.17. The van der Waals surface area contributed by atoms with Gasteiger partial charge in [0.1, 0.15) is 5.69 Å². The maximum absolute atomic E-state index is 5.80. The van der Waals surface area contributed by atoms with Gasteiger partial charge in [0.25, 0.3) is 0 Å². The molecule has 2 aromatic heterocycles. The lowest BCUT2D eigenvalue weighted by Gasteiger charge is -2.07. The molecule has 0 fully saturated rings. The standard InChI is InChI=1S/C27H43N3O/c1-3-5-7-9-11-12-14-16-20-31-25-22-29-27(30-23-25)26-19-18-24(21-28-26)17-15-13-10-8-6-4-2/h18-19,21-23H,3-17,20H2,1-2H3. The van der Waals surface area contributed by atoms with Crippen LogP contribution >= 0.6 is 0 Å². The monoisotopic (exact) mass is 425 g/mol. The zero-order valence-electron chi connectivity index (χ0n) is 20.0. The third kappa shape index (κ3) is 11.3. The highest BCUT2D eigenvalue weighted by atomic mass is 16.5. The van der Waals surface area contributed by atoms with E-state index in [0.717, 1.165) is 30.9 Å². The van der Waals surface area contributed by atoms with Crippen molar-refractivity contribution in [2.24, 2.45) is 0 Å². The average molecular weight is 426 g/mol. The van der Waals surface area contributed by atoms with Crippen molar-refractivity contribution in [3.63, 3.8) is 0 Å². The fraction of sp³-hybridized carbons (Fsp3) is 0.667. The fourth-order valence-corrected chi connectivity index (χ4v) is 3.76. The second-order valence-electron chi connectivity index (χ2n) is 8.64. The normalized spacial score (nSPS) is 11.0. The lowest BCUT2D eigenvalue weighted by atomic mass is 10.1. The van der Waals surface area contributed by atoms with Crippen molar-refractivity contribution in [3.05, 3.63) is 36.3 Å². The number of pyridine rings is 1. The average Bonchev–Trinajstić information content (AvgIpc) is 2.81. The Morgan fingerprint density at radius 3 is 1.77 bits per heavy atom. The minimum Gasteiger partial charge on any atom is -0.490 e. The quantitative estimate of drug-likeness (QED) is 0.227. The summed E-state index contributed by atoms with van der Waals surface area (Å²) in [6.45, 7) is 5.26. The molecule has 2 rings (SSSR count). The zero-order valence-corrected chi connectivity index (χ0v) is 20.0. The van der Waals surface area contributed by atoms with E-state index in [2.05, 4.69) is 34.9 Å². The molecule has 0 unspecified atom stereocenters. The van der Waals surface area contributed by atoms with Crippen molar-refractivity contribution in [3.8, 4) is 17.3 Å². The van der Waals surface area contributed by atoms with Crippen LogP contribution in [0.1, 0.15) is 109 Å². The first kappa shape index (κ1) is 25.3. The predicted octanol–water partition coefficient (Wildman–Crippen LogP) is 7.96. The summed E-state index contributed by atoms with van der Waals surface area (Å²) in [4.78, 5) is 13.4. The number of aryl methyl sites for hydroxylation is 1. The van der Waals surface area contributed by atoms with Crippen LogP contribution in [0.2, 0.25) is 0 Å². The van der Waals surface area contributed by atoms with Crippen LogP contribution in [0, 0.1) is 0 Å². The van der Waals surface area contributed by atoms with Crippen molar-refractivity contribution in [2.45, 2.75) is 110 Å². The molecule has 0 radical (unpaired) electrons. The number of nitrogens with zero attached hydrogens (tertiary/aromatic N) is 3. The number of unbranched alkanes of at least 4 members (excludes halogenated alkanes) is 12. The largest absolute Gasteiger partial charge is 0.490 e. The molecule has 0 atom stereocenters. The van der Waals surface area contributed by atoms with E-state index in [1.54, 1.807) is 12.4 Å². The van der Waals surface area contributed by atoms with Crippen molar-refractivity contribution in [1.29, 1.82) is 0 Å². The third-order valence-electron chi connectivity index (χ3n) is 5.77. The molecule has 0 bridgehead atoms. The molecule has 4 heteroatoms. The molecule has 172 valence electrons. The van der Waals surface area contributed by atoms with Crippen LogP contribution in [0.15, 0.2) is 30.7 Å². The fourth-order valence-electron chi connectivity index (χ4n) is 3.76. The van der Waals surface area contributed by atoms with E-state index < -0.39 is 0 Å². The number of aromatic nitrogens is 3. The van der Waals surface area contributed by atoms with Gasteiger partial charge in [-0.1, -0.05) is 97.0 Å². The molecule has 4 nitrogen and oxygen atoms in total. The van der Waals surface area contributed by atoms with E-state index in [0.29, 0.717) is 5.82 Å². The highest BCUT2D eigenvalue weighted by Gasteiger charge is 2.04. The molecule has 0 N–H and O–H groups in total. The molecule has 0 aliphatic carbocycles. The minimum absolute atomic E-state index is 0.658. The maximum atomic E-state index is 5.80. The van der Waals surface area contributed by atoms with Gasteiger partial charge in [0.2, 0.25) is 0 Å². The Bertz CT molecular complexity index is 670. The van der Waals surface area contributed by atoms with Crippen molar-refractivity contribution >= 4 is 0 Å². The van der Waals surface area contributed by atoms with E-state index in [1.165, 1.54) is 89.0 Å². The van der Waals surface area contributed by atoms with E-state index in [4.69, 9.17) is 4.74 Å². The molecule has 0 spiro atoms. The molecular formula is C27H43N3O. The molecule has 2 aromatic rings. The van der Waals surface area contributed by atoms with Gasteiger partial charge in [0.05, 0.1) is 19.0 Å². The van der Waals surface area contributed by atoms with Crippen molar-refractivity contribution in [1.82, 2.24) is 15.0 Å². The van der Waals surface area contributed by atoms with Gasteiger partial charge in [0.15, 0.2) is 11.6 Å². The zero-order chi connectivity index (χ0) is 22.0. The Kier molecular flexibility index (Phi) is 13.6. The first-order valence-corrected chi connectivity index (χ1v) is 12.7. The van der Waals surface area contributed by atoms with Crippen LogP contribution < -0.4 is 4.74 Å². The summed E-state index contributed by atoms with van der Waals surface area (Å²) in [6, 6.07) is 4.19. The predicted molar refractivity (Wildman–Crippen MR) is 130 cm³/mol. The molecule has 2 heterocycles. The van der Waals surface area contributed by atoms with Gasteiger partial charge in [-0.05, 0) is 30.9 Å². The smallest absolute Gasteiger partial charge is 0.178 e. The van der Waals surface area contributed by atoms with E-state index in [1.807, 2.05) is 12.3 Å². The summed E-state index contributed by atoms with van der Waals surface area (Å²) in [6.07, 6.45) is 25.0. The molecule has 31 heavy (non-hydrogen) atoms. The van der Waals surface area contributed by atoms with Crippen molar-refractivity contribution < 1.29 is 4.74 Å². The first-order valence-electron chi connectivity index (χ1n) is 12.7. The summed E-state index contributed by atoms with van der Waals surface area (Å²) >= 11 is 0. The summed E-state index contributed by atoms with van der Waals surface area (Å²) in [5.41, 5.74) is 2.12. The topological polar surface area (TPSA) is 47.9 Å². The van der Waals surface area contributed by atoms with E-state index in [-0.39, 0.29) is 0 Å². The number of rotatable bonds is 18. The van der Waals surface area contributed by atoms with Gasteiger partial charge in [-0.15, -0.1) is 0 Å².